The molecule has 0 aromatic rings. The molecule has 2 saturated heterocycles. The minimum Gasteiger partial charge on any atom is -0.479 e. The highest BCUT2D eigenvalue weighted by Crippen LogP contribution is 2.48. The van der Waals surface area contributed by atoms with Gasteiger partial charge in [0.05, 0.1) is 25.7 Å². The number of halogens is 1. The van der Waals surface area contributed by atoms with Crippen LogP contribution >= 0.6 is 7.75 Å². The number of guanidine groups is 1. The van der Waals surface area contributed by atoms with Crippen LogP contribution < -0.4 is 10.8 Å². The van der Waals surface area contributed by atoms with Gasteiger partial charge in [-0.2, -0.15) is 4.99 Å². The molecular weight excluding hydrogens is 490 g/mol. The summed E-state index contributed by atoms with van der Waals surface area (Å²) in [5.74, 6) is -0.378. The maximum atomic E-state index is 16.1. The van der Waals surface area contributed by atoms with Crippen molar-refractivity contribution in [1.29, 1.82) is 0 Å². The van der Waals surface area contributed by atoms with E-state index >= 15 is 4.39 Å². The molecule has 0 aromatic heterocycles. The lowest BCUT2D eigenvalue weighted by Gasteiger charge is -2.36. The van der Waals surface area contributed by atoms with E-state index in [1.54, 1.807) is 20.8 Å². The van der Waals surface area contributed by atoms with Gasteiger partial charge in [-0.05, 0) is 27.7 Å². The second-order valence-electron chi connectivity index (χ2n) is 8.62. The van der Waals surface area contributed by atoms with Gasteiger partial charge in [0.15, 0.2) is 30.9 Å². The number of esters is 1. The average molecular weight is 520 g/mol. The van der Waals surface area contributed by atoms with Crippen molar-refractivity contribution < 1.29 is 41.7 Å². The van der Waals surface area contributed by atoms with Crippen LogP contribution in [0.2, 0.25) is 0 Å². The lowest BCUT2D eigenvalue weighted by molar-refractivity contribution is -0.146. The zero-order valence-electron chi connectivity index (χ0n) is 19.8. The molecule has 4 rings (SSSR count). The summed E-state index contributed by atoms with van der Waals surface area (Å²) in [6.45, 7) is 5.53. The second-order valence-corrected chi connectivity index (χ2v) is 10.4. The number of carbonyl (C=O) groups excluding carboxylic acids is 1. The van der Waals surface area contributed by atoms with Gasteiger partial charge in [0.1, 0.15) is 18.8 Å². The summed E-state index contributed by atoms with van der Waals surface area (Å²) in [7, 11) is -3.95. The molecule has 0 amide bonds. The van der Waals surface area contributed by atoms with E-state index in [4.69, 9.17) is 33.7 Å². The Bertz CT molecular complexity index is 962. The molecule has 4 heterocycles. The van der Waals surface area contributed by atoms with Gasteiger partial charge in [-0.1, -0.05) is 0 Å². The normalized spacial score (nSPS) is 38.8. The number of rotatable bonds is 6. The summed E-state index contributed by atoms with van der Waals surface area (Å²) in [6, 6.07) is -0.606. The van der Waals surface area contributed by atoms with E-state index in [-0.39, 0.29) is 24.6 Å². The van der Waals surface area contributed by atoms with Crippen molar-refractivity contribution in [3.05, 3.63) is 0 Å². The lowest BCUT2D eigenvalue weighted by Crippen LogP contribution is -2.55. The highest BCUT2D eigenvalue weighted by atomic mass is 31.2. The third-order valence-corrected chi connectivity index (χ3v) is 7.08. The Morgan fingerprint density at radius 1 is 1.46 bits per heavy atom. The number of carbonyl (C=O) groups is 1. The average Bonchev–Trinajstić information content (AvgIpc) is 3.27. The van der Waals surface area contributed by atoms with Crippen LogP contribution in [0.25, 0.3) is 0 Å². The lowest BCUT2D eigenvalue weighted by atomic mass is 9.97. The molecule has 0 aromatic carbocycles. The fourth-order valence-corrected chi connectivity index (χ4v) is 5.29. The summed E-state index contributed by atoms with van der Waals surface area (Å²) >= 11 is 0. The maximum Gasteiger partial charge on any atom is 0.408 e. The largest absolute Gasteiger partial charge is 0.479 e. The van der Waals surface area contributed by atoms with Gasteiger partial charge in [0.2, 0.25) is 11.9 Å². The van der Waals surface area contributed by atoms with Crippen LogP contribution in [-0.4, -0.2) is 98.0 Å². The van der Waals surface area contributed by atoms with E-state index in [1.807, 2.05) is 0 Å². The summed E-state index contributed by atoms with van der Waals surface area (Å²) in [4.78, 5) is 26.0. The molecule has 7 atom stereocenters. The monoisotopic (exact) mass is 520 g/mol. The Morgan fingerprint density at radius 2 is 2.23 bits per heavy atom. The topological polar surface area (TPSA) is 168 Å². The number of nitrogens with one attached hydrogen (secondary N) is 1. The van der Waals surface area contributed by atoms with Crippen LogP contribution in [0.15, 0.2) is 15.0 Å². The molecule has 0 radical (unpaired) electrons. The molecular formula is C19H30FN6O8P. The molecule has 16 heteroatoms. The van der Waals surface area contributed by atoms with Crippen molar-refractivity contribution in [2.75, 3.05) is 26.6 Å². The summed E-state index contributed by atoms with van der Waals surface area (Å²) < 4.78 is 61.7. The van der Waals surface area contributed by atoms with E-state index in [9.17, 15) is 9.36 Å². The Kier molecular flexibility index (Phi) is 7.46. The Hall–Kier alpha value is -2.16. The molecule has 2 fully saturated rings. The number of ether oxygens (including phenoxy) is 4. The van der Waals surface area contributed by atoms with Crippen LogP contribution in [0.4, 0.5) is 4.39 Å². The molecule has 3 N–H and O–H groups in total. The summed E-state index contributed by atoms with van der Waals surface area (Å²) in [5.41, 5.74) is 3.77. The highest BCUT2D eigenvalue weighted by Gasteiger charge is 2.61. The smallest absolute Gasteiger partial charge is 0.408 e. The zero-order chi connectivity index (χ0) is 25.4. The first-order valence-corrected chi connectivity index (χ1v) is 12.7. The van der Waals surface area contributed by atoms with Crippen molar-refractivity contribution in [3.8, 4) is 0 Å². The minimum atomic E-state index is -3.95. The predicted octanol–water partition coefficient (Wildman–Crippen LogP) is 0.280. The van der Waals surface area contributed by atoms with Crippen LogP contribution in [0, 0.1) is 0 Å². The molecule has 0 saturated carbocycles. The van der Waals surface area contributed by atoms with Gasteiger partial charge in [-0.3, -0.25) is 18.8 Å². The molecule has 14 nitrogen and oxygen atoms in total. The van der Waals surface area contributed by atoms with Gasteiger partial charge < -0.3 is 29.6 Å². The van der Waals surface area contributed by atoms with Crippen LogP contribution in [0.1, 0.15) is 27.7 Å². The fraction of sp³-hybridized carbons (Fsp3) is 0.789. The van der Waals surface area contributed by atoms with Gasteiger partial charge in [-0.15, -0.1) is 0 Å². The molecule has 0 aliphatic carbocycles. The Labute approximate surface area is 201 Å². The van der Waals surface area contributed by atoms with E-state index in [0.717, 1.165) is 0 Å². The minimum absolute atomic E-state index is 0.0224. The molecule has 0 bridgehead atoms. The fourth-order valence-electron chi connectivity index (χ4n) is 4.17. The van der Waals surface area contributed by atoms with Crippen LogP contribution in [-0.2, 0) is 37.4 Å². The first-order chi connectivity index (χ1) is 16.5. The van der Waals surface area contributed by atoms with Crippen LogP contribution in [0.3, 0.4) is 0 Å². The molecule has 4 aliphatic heterocycles. The quantitative estimate of drug-likeness (QED) is 0.365. The number of nitrogens with two attached hydrogens (primary N) is 1. The molecule has 5 unspecified atom stereocenters. The number of nitrogens with zero attached hydrogens (tertiary/aromatic N) is 4. The number of hydrogen-bond donors (Lipinski definition) is 2. The molecule has 0 spiro atoms. The molecule has 35 heavy (non-hydrogen) atoms. The number of fused-ring (bicyclic) bond motifs is 2. The Morgan fingerprint density at radius 3 is 2.94 bits per heavy atom. The van der Waals surface area contributed by atoms with Gasteiger partial charge in [0.25, 0.3) is 0 Å². The number of aliphatic imine (C=N–C) groups is 3. The maximum absolute atomic E-state index is 16.1. The van der Waals surface area contributed by atoms with Crippen molar-refractivity contribution in [3.63, 3.8) is 0 Å². The van der Waals surface area contributed by atoms with Crippen molar-refractivity contribution in [1.82, 2.24) is 9.99 Å². The van der Waals surface area contributed by atoms with Gasteiger partial charge >= 0.3 is 13.7 Å². The summed E-state index contributed by atoms with van der Waals surface area (Å²) in [5, 5.41) is 2.41. The first-order valence-electron chi connectivity index (χ1n) is 11.2. The van der Waals surface area contributed by atoms with Gasteiger partial charge in [0, 0.05) is 0 Å². The second kappa shape index (κ2) is 10.1. The zero-order valence-corrected chi connectivity index (χ0v) is 20.7. The SMILES string of the molecule is CCOC1=NC(N)=NC2C1N=CN2[C@@H]1OC2COP(=O)(NCC(=O)OC(C)C)OCOC2[C@]1(C)F. The van der Waals surface area contributed by atoms with E-state index < -0.39 is 63.4 Å². The third-order valence-electron chi connectivity index (χ3n) is 5.60. The Balaban J connectivity index is 1.44. The van der Waals surface area contributed by atoms with E-state index in [1.165, 1.54) is 18.2 Å². The highest BCUT2D eigenvalue weighted by molar-refractivity contribution is 7.51. The first kappa shape index (κ1) is 25.9. The van der Waals surface area contributed by atoms with Crippen molar-refractivity contribution >= 4 is 31.9 Å². The number of hydrogen-bond acceptors (Lipinski definition) is 13. The van der Waals surface area contributed by atoms with Crippen molar-refractivity contribution in [2.24, 2.45) is 20.7 Å². The van der Waals surface area contributed by atoms with Crippen molar-refractivity contribution in [2.45, 2.75) is 70.1 Å². The molecule has 4 aliphatic rings. The van der Waals surface area contributed by atoms with E-state index in [0.29, 0.717) is 6.61 Å². The molecule has 196 valence electrons. The van der Waals surface area contributed by atoms with Crippen LogP contribution in [0.5, 0.6) is 0 Å². The summed E-state index contributed by atoms with van der Waals surface area (Å²) in [6.07, 6.45) is -2.91. The van der Waals surface area contributed by atoms with E-state index in [2.05, 4.69) is 20.1 Å². The standard InChI is InChI=1S/C19H30FN6O8P/c1-5-29-16-13-15(24-18(21)25-16)26(8-22-13)17-19(4,20)14-11(34-17)7-31-35(28,32-9-30-14)23-6-12(27)33-10(2)3/h8,10-11,13-15,17H,5-7,9H2,1-4H3,(H2,21,24)(H,23,28)/t11?,13?,14?,15?,17-,19+,35?/m1/s1. The number of alkyl halides is 1. The van der Waals surface area contributed by atoms with Gasteiger partial charge in [-0.25, -0.2) is 19.0 Å². The third kappa shape index (κ3) is 5.34. The predicted molar refractivity (Wildman–Crippen MR) is 120 cm³/mol.